The van der Waals surface area contributed by atoms with Gasteiger partial charge in [-0.25, -0.2) is 0 Å². The fourth-order valence-electron chi connectivity index (χ4n) is 3.76. The summed E-state index contributed by atoms with van der Waals surface area (Å²) in [5.74, 6) is 2.18. The van der Waals surface area contributed by atoms with E-state index >= 15 is 0 Å². The van der Waals surface area contributed by atoms with Gasteiger partial charge in [0.25, 0.3) is 11.8 Å². The summed E-state index contributed by atoms with van der Waals surface area (Å²) in [5, 5.41) is 6.59. The van der Waals surface area contributed by atoms with E-state index in [9.17, 15) is 9.59 Å². The molecule has 0 spiro atoms. The highest BCUT2D eigenvalue weighted by Gasteiger charge is 2.53. The number of rotatable bonds is 9. The largest absolute Gasteiger partial charge is 0.494 e. The highest BCUT2D eigenvalue weighted by molar-refractivity contribution is 8.00. The van der Waals surface area contributed by atoms with Gasteiger partial charge in [-0.15, -0.1) is 11.8 Å². The highest BCUT2D eigenvalue weighted by Crippen LogP contribution is 2.43. The van der Waals surface area contributed by atoms with Crippen LogP contribution in [0.25, 0.3) is 5.70 Å². The van der Waals surface area contributed by atoms with E-state index in [0.29, 0.717) is 36.9 Å². The number of aryl methyl sites for hydroxylation is 2. The van der Waals surface area contributed by atoms with E-state index in [1.165, 1.54) is 0 Å². The van der Waals surface area contributed by atoms with Gasteiger partial charge in [0, 0.05) is 12.2 Å². The number of aromatic nitrogens is 2. The fourth-order valence-corrected chi connectivity index (χ4v) is 5.05. The van der Waals surface area contributed by atoms with Gasteiger partial charge in [0.2, 0.25) is 5.91 Å². The van der Waals surface area contributed by atoms with E-state index in [2.05, 4.69) is 22.4 Å². The first-order valence-corrected chi connectivity index (χ1v) is 12.0. The van der Waals surface area contributed by atoms with Crippen LogP contribution in [0.15, 0.2) is 34.4 Å². The molecule has 2 atom stereocenters. The molecule has 0 aliphatic carbocycles. The number of ether oxygens (including phenoxy) is 1. The van der Waals surface area contributed by atoms with Crippen molar-refractivity contribution in [3.8, 4) is 5.75 Å². The number of carbonyl (C=O) groups excluding carboxylic acids is 2. The van der Waals surface area contributed by atoms with Crippen LogP contribution in [0.4, 0.5) is 0 Å². The second-order valence-corrected chi connectivity index (χ2v) is 9.18. The summed E-state index contributed by atoms with van der Waals surface area (Å²) in [7, 11) is 0. The fraction of sp³-hybridized carbons (Fsp3) is 0.478. The molecule has 1 aromatic heterocycles. The third-order valence-corrected chi connectivity index (χ3v) is 6.96. The summed E-state index contributed by atoms with van der Waals surface area (Å²) in [6.07, 6.45) is 3.06. The first-order chi connectivity index (χ1) is 15.5. The zero-order chi connectivity index (χ0) is 22.7. The molecular weight excluding hydrogens is 428 g/mol. The van der Waals surface area contributed by atoms with Crippen molar-refractivity contribution < 1.29 is 18.8 Å². The van der Waals surface area contributed by atoms with Gasteiger partial charge in [0.05, 0.1) is 6.61 Å². The van der Waals surface area contributed by atoms with Gasteiger partial charge < -0.3 is 14.6 Å². The van der Waals surface area contributed by atoms with Crippen LogP contribution in [0.2, 0.25) is 0 Å². The van der Waals surface area contributed by atoms with Gasteiger partial charge >= 0.3 is 0 Å². The zero-order valence-corrected chi connectivity index (χ0v) is 19.4. The number of benzene rings is 1. The first-order valence-electron chi connectivity index (χ1n) is 10.9. The van der Waals surface area contributed by atoms with Gasteiger partial charge in [-0.05, 0) is 50.0 Å². The maximum Gasteiger partial charge on any atom is 0.274 e. The topological polar surface area (TPSA) is 97.6 Å². The maximum atomic E-state index is 12.8. The SMILES string of the molecule is CCCCOc1ccc(CCC(=O)N[C@@H]2C(=O)N3C(c4nc(C)no4)=C(C)CS[C@H]23)cc1. The Morgan fingerprint density at radius 2 is 2.09 bits per heavy atom. The number of β-lactam (4-membered cyclic amide) rings is 1. The summed E-state index contributed by atoms with van der Waals surface area (Å²) in [6.45, 7) is 6.54. The molecule has 2 amide bonds. The van der Waals surface area contributed by atoms with Crippen LogP contribution in [-0.4, -0.2) is 50.6 Å². The molecule has 0 unspecified atom stereocenters. The smallest absolute Gasteiger partial charge is 0.274 e. The Morgan fingerprint density at radius 3 is 2.78 bits per heavy atom. The Bertz CT molecular complexity index is 1020. The molecule has 0 radical (unpaired) electrons. The number of nitrogens with zero attached hydrogens (tertiary/aromatic N) is 3. The molecule has 2 aliphatic rings. The van der Waals surface area contributed by atoms with Crippen molar-refractivity contribution in [2.75, 3.05) is 12.4 Å². The second kappa shape index (κ2) is 9.77. The third-order valence-electron chi connectivity index (χ3n) is 5.54. The molecule has 170 valence electrons. The average Bonchev–Trinajstić information content (AvgIpc) is 3.22. The Balaban J connectivity index is 1.30. The van der Waals surface area contributed by atoms with E-state index in [-0.39, 0.29) is 17.2 Å². The zero-order valence-electron chi connectivity index (χ0n) is 18.6. The Morgan fingerprint density at radius 1 is 1.31 bits per heavy atom. The number of hydrogen-bond donors (Lipinski definition) is 1. The lowest BCUT2D eigenvalue weighted by atomic mass is 10.0. The molecule has 0 bridgehead atoms. The predicted molar refractivity (Wildman–Crippen MR) is 122 cm³/mol. The number of carbonyl (C=O) groups is 2. The van der Waals surface area contributed by atoms with Crippen LogP contribution in [-0.2, 0) is 16.0 Å². The monoisotopic (exact) mass is 456 g/mol. The first kappa shape index (κ1) is 22.4. The molecule has 2 aromatic rings. The van der Waals surface area contributed by atoms with E-state index in [1.807, 2.05) is 31.2 Å². The molecular formula is C23H28N4O4S. The molecule has 1 aromatic carbocycles. The van der Waals surface area contributed by atoms with Crippen molar-refractivity contribution in [2.45, 2.75) is 57.9 Å². The number of amides is 2. The minimum Gasteiger partial charge on any atom is -0.494 e. The molecule has 0 saturated carbocycles. The van der Waals surface area contributed by atoms with E-state index < -0.39 is 6.04 Å². The number of unbranched alkanes of at least 4 members (excludes halogenated alkanes) is 1. The van der Waals surface area contributed by atoms with Gasteiger partial charge in [0.1, 0.15) is 22.9 Å². The highest BCUT2D eigenvalue weighted by atomic mass is 32.2. The van der Waals surface area contributed by atoms with Crippen molar-refractivity contribution in [1.82, 2.24) is 20.4 Å². The Labute approximate surface area is 191 Å². The van der Waals surface area contributed by atoms with Gasteiger partial charge in [-0.3, -0.25) is 14.5 Å². The summed E-state index contributed by atoms with van der Waals surface area (Å²) in [6, 6.07) is 7.30. The van der Waals surface area contributed by atoms with Crippen LogP contribution in [0, 0.1) is 6.92 Å². The molecule has 4 rings (SSSR count). The molecule has 8 nitrogen and oxygen atoms in total. The van der Waals surface area contributed by atoms with Gasteiger partial charge in [0.15, 0.2) is 5.82 Å². The van der Waals surface area contributed by atoms with Crippen molar-refractivity contribution in [3.05, 3.63) is 47.1 Å². The van der Waals surface area contributed by atoms with E-state index in [0.717, 1.165) is 35.5 Å². The quantitative estimate of drug-likeness (QED) is 0.457. The Hall–Kier alpha value is -2.81. The molecule has 1 saturated heterocycles. The second-order valence-electron chi connectivity index (χ2n) is 8.08. The summed E-state index contributed by atoms with van der Waals surface area (Å²) >= 11 is 1.63. The molecule has 1 fully saturated rings. The van der Waals surface area contributed by atoms with Gasteiger partial charge in [-0.2, -0.15) is 4.98 Å². The molecule has 32 heavy (non-hydrogen) atoms. The lowest BCUT2D eigenvalue weighted by molar-refractivity contribution is -0.144. The van der Waals surface area contributed by atoms with Crippen molar-refractivity contribution in [2.24, 2.45) is 0 Å². The van der Waals surface area contributed by atoms with Crippen molar-refractivity contribution in [1.29, 1.82) is 0 Å². The van der Waals surface area contributed by atoms with Crippen LogP contribution in [0.5, 0.6) is 5.75 Å². The molecule has 9 heteroatoms. The standard InChI is InChI=1S/C23H28N4O4S/c1-4-5-12-30-17-9-6-16(7-10-17)8-11-18(28)25-19-22(29)27-20(14(2)13-32-23(19)27)21-24-15(3)26-31-21/h6-7,9-10,19,23H,4-5,8,11-13H2,1-3H3,(H,25,28)/t19-,23-/m1/s1. The van der Waals surface area contributed by atoms with Crippen molar-refractivity contribution >= 4 is 29.3 Å². The van der Waals surface area contributed by atoms with Crippen LogP contribution in [0.3, 0.4) is 0 Å². The maximum absolute atomic E-state index is 12.8. The number of hydrogen-bond acceptors (Lipinski definition) is 7. The van der Waals surface area contributed by atoms with Gasteiger partial charge in [-0.1, -0.05) is 30.6 Å². The minimum atomic E-state index is -0.533. The lowest BCUT2D eigenvalue weighted by Crippen LogP contribution is -2.69. The lowest BCUT2D eigenvalue weighted by Gasteiger charge is -2.49. The predicted octanol–water partition coefficient (Wildman–Crippen LogP) is 3.32. The van der Waals surface area contributed by atoms with Crippen LogP contribution >= 0.6 is 11.8 Å². The molecule has 1 N–H and O–H groups in total. The Kier molecular flexibility index (Phi) is 6.83. The number of thioether (sulfide) groups is 1. The normalized spacial score (nSPS) is 20.1. The average molecular weight is 457 g/mol. The minimum absolute atomic E-state index is 0.131. The molecule has 2 aliphatic heterocycles. The van der Waals surface area contributed by atoms with Crippen molar-refractivity contribution in [3.63, 3.8) is 0 Å². The van der Waals surface area contributed by atoms with Crippen LogP contribution in [0.1, 0.15) is 50.4 Å². The summed E-state index contributed by atoms with van der Waals surface area (Å²) in [4.78, 5) is 31.3. The third kappa shape index (κ3) is 4.67. The number of nitrogens with one attached hydrogen (secondary N) is 1. The van der Waals surface area contributed by atoms with E-state index in [1.54, 1.807) is 23.6 Å². The molecule has 3 heterocycles. The van der Waals surface area contributed by atoms with E-state index in [4.69, 9.17) is 9.26 Å². The summed E-state index contributed by atoms with van der Waals surface area (Å²) in [5.41, 5.74) is 2.74. The van der Waals surface area contributed by atoms with Crippen LogP contribution < -0.4 is 10.1 Å². The number of fused-ring (bicyclic) bond motifs is 1. The summed E-state index contributed by atoms with van der Waals surface area (Å²) < 4.78 is 11.0.